The first-order valence-corrected chi connectivity index (χ1v) is 10.00. The molecule has 170 valence electrons. The highest BCUT2D eigenvalue weighted by atomic mass is 19.4. The van der Waals surface area contributed by atoms with Crippen molar-refractivity contribution in [3.8, 4) is 0 Å². The number of pyridine rings is 1. The van der Waals surface area contributed by atoms with Gasteiger partial charge in [0.2, 0.25) is 11.8 Å². The van der Waals surface area contributed by atoms with E-state index in [2.05, 4.69) is 10.3 Å². The first-order valence-electron chi connectivity index (χ1n) is 10.00. The van der Waals surface area contributed by atoms with Gasteiger partial charge in [-0.3, -0.25) is 14.6 Å². The van der Waals surface area contributed by atoms with Crippen LogP contribution in [0.4, 0.5) is 18.9 Å². The Balaban J connectivity index is 0.000000360. The van der Waals surface area contributed by atoms with Gasteiger partial charge in [0.05, 0.1) is 17.7 Å². The molecule has 7 nitrogen and oxygen atoms in total. The standard InChI is InChI=1S/C20H21N3O2.C2HF3O2/c1-13-7-8-16-14(11-13)15(20(25)22-16)12-19(24)23-10-4-6-18(23)17-5-2-3-9-21-17;3-2(4,5)1(6)7/h2-3,5,7-9,11,15,18H,4,6,10,12H2,1H3,(H,22,25);(H,6,7). The van der Waals surface area contributed by atoms with E-state index in [1.165, 1.54) is 0 Å². The molecule has 32 heavy (non-hydrogen) atoms. The van der Waals surface area contributed by atoms with Crippen LogP contribution in [0.2, 0.25) is 0 Å². The minimum atomic E-state index is -5.08. The molecule has 1 fully saturated rings. The van der Waals surface area contributed by atoms with Crippen molar-refractivity contribution in [2.45, 2.75) is 44.3 Å². The molecule has 0 spiro atoms. The van der Waals surface area contributed by atoms with Crippen LogP contribution in [0.1, 0.15) is 48.0 Å². The smallest absolute Gasteiger partial charge is 0.475 e. The number of halogens is 3. The number of hydrogen-bond acceptors (Lipinski definition) is 4. The second-order valence-electron chi connectivity index (χ2n) is 7.64. The summed E-state index contributed by atoms with van der Waals surface area (Å²) in [6.07, 6.45) is -1.21. The minimum Gasteiger partial charge on any atom is -0.475 e. The Kier molecular flexibility index (Phi) is 6.81. The summed E-state index contributed by atoms with van der Waals surface area (Å²) in [4.78, 5) is 40.5. The van der Waals surface area contributed by atoms with Gasteiger partial charge in [-0.25, -0.2) is 4.79 Å². The molecule has 1 saturated heterocycles. The number of aryl methyl sites for hydroxylation is 1. The van der Waals surface area contributed by atoms with E-state index in [1.54, 1.807) is 6.20 Å². The van der Waals surface area contributed by atoms with Crippen LogP contribution >= 0.6 is 0 Å². The maximum absolute atomic E-state index is 12.9. The number of fused-ring (bicyclic) bond motifs is 1. The molecule has 10 heteroatoms. The number of alkyl halides is 3. The molecule has 2 aliphatic heterocycles. The molecule has 0 radical (unpaired) electrons. The van der Waals surface area contributed by atoms with Crippen molar-refractivity contribution in [2.75, 3.05) is 11.9 Å². The van der Waals surface area contributed by atoms with Gasteiger partial charge in [0.15, 0.2) is 0 Å². The third kappa shape index (κ3) is 5.24. The van der Waals surface area contributed by atoms with Crippen molar-refractivity contribution >= 4 is 23.5 Å². The van der Waals surface area contributed by atoms with Crippen molar-refractivity contribution in [3.05, 3.63) is 59.4 Å². The third-order valence-electron chi connectivity index (χ3n) is 5.38. The van der Waals surface area contributed by atoms with Gasteiger partial charge in [-0.15, -0.1) is 0 Å². The highest BCUT2D eigenvalue weighted by Crippen LogP contribution is 2.38. The number of rotatable bonds is 3. The lowest BCUT2D eigenvalue weighted by Gasteiger charge is -2.25. The molecule has 1 aromatic heterocycles. The summed E-state index contributed by atoms with van der Waals surface area (Å²) >= 11 is 0. The molecular formula is C22H22F3N3O4. The van der Waals surface area contributed by atoms with E-state index in [9.17, 15) is 22.8 Å². The van der Waals surface area contributed by atoms with Crippen LogP contribution in [0.15, 0.2) is 42.6 Å². The molecule has 0 saturated carbocycles. The Morgan fingerprint density at radius 2 is 1.97 bits per heavy atom. The van der Waals surface area contributed by atoms with Gasteiger partial charge < -0.3 is 15.3 Å². The fourth-order valence-electron chi connectivity index (χ4n) is 3.89. The zero-order valence-corrected chi connectivity index (χ0v) is 17.2. The van der Waals surface area contributed by atoms with Crippen LogP contribution in [0.5, 0.6) is 0 Å². The Labute approximate surface area is 182 Å². The Morgan fingerprint density at radius 3 is 2.59 bits per heavy atom. The van der Waals surface area contributed by atoms with Gasteiger partial charge in [0.25, 0.3) is 0 Å². The molecule has 1 aromatic carbocycles. The number of nitrogens with one attached hydrogen (secondary N) is 1. The van der Waals surface area contributed by atoms with Crippen LogP contribution in [-0.2, 0) is 14.4 Å². The third-order valence-corrected chi connectivity index (χ3v) is 5.38. The van der Waals surface area contributed by atoms with Crippen molar-refractivity contribution in [1.29, 1.82) is 0 Å². The fraction of sp³-hybridized carbons (Fsp3) is 0.364. The number of carboxylic acid groups (broad SMARTS) is 1. The van der Waals surface area contributed by atoms with Crippen molar-refractivity contribution in [3.63, 3.8) is 0 Å². The first-order chi connectivity index (χ1) is 15.1. The quantitative estimate of drug-likeness (QED) is 0.742. The highest BCUT2D eigenvalue weighted by Gasteiger charge is 2.38. The van der Waals surface area contributed by atoms with Crippen LogP contribution in [0.25, 0.3) is 0 Å². The first kappa shape index (κ1) is 23.2. The predicted molar refractivity (Wildman–Crippen MR) is 109 cm³/mol. The van der Waals surface area contributed by atoms with Gasteiger partial charge in [-0.05, 0) is 43.5 Å². The number of hydrogen-bond donors (Lipinski definition) is 2. The molecule has 4 rings (SSSR count). The predicted octanol–water partition coefficient (Wildman–Crippen LogP) is 3.81. The minimum absolute atomic E-state index is 0.0233. The van der Waals surface area contributed by atoms with Gasteiger partial charge >= 0.3 is 12.1 Å². The van der Waals surface area contributed by atoms with Gasteiger partial charge in [0.1, 0.15) is 0 Å². The number of aromatic nitrogens is 1. The number of carbonyl (C=O) groups excluding carboxylic acids is 2. The van der Waals surface area contributed by atoms with E-state index in [-0.39, 0.29) is 24.3 Å². The summed E-state index contributed by atoms with van der Waals surface area (Å²) in [5.41, 5.74) is 3.80. The van der Waals surface area contributed by atoms with E-state index in [1.807, 2.05) is 48.2 Å². The van der Waals surface area contributed by atoms with E-state index < -0.39 is 18.1 Å². The SMILES string of the molecule is Cc1ccc2c(c1)C(CC(=O)N1CCCC1c1ccccn1)C(=O)N2.O=C(O)C(F)(F)F. The van der Waals surface area contributed by atoms with Gasteiger partial charge in [-0.1, -0.05) is 23.8 Å². The Bertz CT molecular complexity index is 1010. The average molecular weight is 449 g/mol. The fourth-order valence-corrected chi connectivity index (χ4v) is 3.89. The summed E-state index contributed by atoms with van der Waals surface area (Å²) in [5.74, 6) is -3.20. The lowest BCUT2D eigenvalue weighted by molar-refractivity contribution is -0.192. The molecule has 2 amide bonds. The van der Waals surface area contributed by atoms with Crippen molar-refractivity contribution in [1.82, 2.24) is 9.88 Å². The number of benzene rings is 1. The largest absolute Gasteiger partial charge is 0.490 e. The number of carbonyl (C=O) groups is 3. The van der Waals surface area contributed by atoms with Crippen LogP contribution in [-0.4, -0.2) is 45.5 Å². The molecule has 2 unspecified atom stereocenters. The molecule has 2 aliphatic rings. The van der Waals surface area contributed by atoms with Crippen molar-refractivity contribution in [2.24, 2.45) is 0 Å². The van der Waals surface area contributed by atoms with E-state index in [4.69, 9.17) is 9.90 Å². The number of nitrogens with zero attached hydrogens (tertiary/aromatic N) is 2. The molecule has 2 atom stereocenters. The van der Waals surface area contributed by atoms with E-state index >= 15 is 0 Å². The molecular weight excluding hydrogens is 427 g/mol. The van der Waals surface area contributed by atoms with Crippen molar-refractivity contribution < 1.29 is 32.7 Å². The lowest BCUT2D eigenvalue weighted by atomic mass is 9.95. The number of aliphatic carboxylic acids is 1. The van der Waals surface area contributed by atoms with E-state index in [0.717, 1.165) is 41.9 Å². The number of carboxylic acids is 1. The molecule has 2 aromatic rings. The average Bonchev–Trinajstić information content (AvgIpc) is 3.34. The van der Waals surface area contributed by atoms with Crippen LogP contribution in [0, 0.1) is 6.92 Å². The monoisotopic (exact) mass is 449 g/mol. The molecule has 0 bridgehead atoms. The lowest BCUT2D eigenvalue weighted by Crippen LogP contribution is -2.33. The summed E-state index contributed by atoms with van der Waals surface area (Å²) in [6.45, 7) is 2.73. The zero-order chi connectivity index (χ0) is 23.5. The van der Waals surface area contributed by atoms with E-state index in [0.29, 0.717) is 0 Å². The summed E-state index contributed by atoms with van der Waals surface area (Å²) in [6, 6.07) is 11.7. The highest BCUT2D eigenvalue weighted by molar-refractivity contribution is 6.05. The molecule has 3 heterocycles. The Hall–Kier alpha value is -3.43. The van der Waals surface area contributed by atoms with Crippen LogP contribution < -0.4 is 5.32 Å². The Morgan fingerprint density at radius 1 is 1.25 bits per heavy atom. The van der Waals surface area contributed by atoms with Gasteiger partial charge in [-0.2, -0.15) is 13.2 Å². The number of likely N-dealkylation sites (tertiary alicyclic amines) is 1. The maximum atomic E-state index is 12.9. The second kappa shape index (κ2) is 9.37. The second-order valence-corrected chi connectivity index (χ2v) is 7.64. The number of anilines is 1. The summed E-state index contributed by atoms with van der Waals surface area (Å²) in [7, 11) is 0. The number of amides is 2. The van der Waals surface area contributed by atoms with Gasteiger partial charge in [0, 0.05) is 24.8 Å². The molecule has 2 N–H and O–H groups in total. The topological polar surface area (TPSA) is 99.6 Å². The summed E-state index contributed by atoms with van der Waals surface area (Å²) < 4.78 is 31.7. The maximum Gasteiger partial charge on any atom is 0.490 e. The normalized spacial score (nSPS) is 19.6. The van der Waals surface area contributed by atoms with Crippen LogP contribution in [0.3, 0.4) is 0 Å². The molecule has 0 aliphatic carbocycles. The summed E-state index contributed by atoms with van der Waals surface area (Å²) in [5, 5.41) is 10.0. The zero-order valence-electron chi connectivity index (χ0n) is 17.2.